The standard InChI is InChI=1S/C27H36N8O3S/c1-19(16-36)35-10-8-34(9-11-35)15-20-12-29-24(30-13-20)33-26-31-14-23(39-26)22-4-7-28-25(32-22)38-21-2-5-27(6-3-21)17-37-18-27/h4,7,12-14,19,21,36H,2-3,5-6,8-11,15-18H2,1H3,(H,29,30,31,33)/t19-/m1/s1. The predicted octanol–water partition coefficient (Wildman–Crippen LogP) is 2.97. The van der Waals surface area contributed by atoms with E-state index in [-0.39, 0.29) is 18.8 Å². The van der Waals surface area contributed by atoms with E-state index in [2.05, 4.69) is 47.0 Å². The fraction of sp³-hybridized carbons (Fsp3) is 0.593. The topological polar surface area (TPSA) is 122 Å². The van der Waals surface area contributed by atoms with Gasteiger partial charge in [-0.1, -0.05) is 11.3 Å². The van der Waals surface area contributed by atoms with Crippen molar-refractivity contribution < 1.29 is 14.6 Å². The van der Waals surface area contributed by atoms with Crippen molar-refractivity contribution in [3.8, 4) is 16.6 Å². The molecule has 1 aliphatic carbocycles. The molecule has 39 heavy (non-hydrogen) atoms. The SMILES string of the molecule is C[C@H](CO)N1CCN(Cc2cnc(Nc3ncc(-c4ccnc(OC5CCC6(CC5)COC6)n4)s3)nc2)CC1. The zero-order chi connectivity index (χ0) is 26.7. The van der Waals surface area contributed by atoms with Crippen LogP contribution in [-0.4, -0.2) is 98.0 Å². The van der Waals surface area contributed by atoms with Crippen LogP contribution in [0.2, 0.25) is 0 Å². The van der Waals surface area contributed by atoms with Crippen LogP contribution in [0.25, 0.3) is 10.6 Å². The molecule has 2 saturated heterocycles. The molecule has 3 aromatic heterocycles. The van der Waals surface area contributed by atoms with E-state index in [0.29, 0.717) is 22.5 Å². The first-order chi connectivity index (χ1) is 19.1. The van der Waals surface area contributed by atoms with Crippen molar-refractivity contribution in [1.82, 2.24) is 34.7 Å². The molecule has 3 fully saturated rings. The van der Waals surface area contributed by atoms with Crippen molar-refractivity contribution >= 4 is 22.4 Å². The molecule has 5 heterocycles. The first-order valence-corrected chi connectivity index (χ1v) is 14.6. The normalized spacial score (nSPS) is 21.0. The molecule has 3 aromatic rings. The number of hydrogen-bond acceptors (Lipinski definition) is 12. The molecule has 11 nitrogen and oxygen atoms in total. The Hall–Kier alpha value is -2.77. The van der Waals surface area contributed by atoms with Crippen LogP contribution in [0.3, 0.4) is 0 Å². The van der Waals surface area contributed by atoms with Gasteiger partial charge in [-0.05, 0) is 38.7 Å². The fourth-order valence-electron chi connectivity index (χ4n) is 5.47. The number of aromatic nitrogens is 5. The molecule has 0 aromatic carbocycles. The molecule has 0 bridgehead atoms. The van der Waals surface area contributed by atoms with E-state index < -0.39 is 0 Å². The number of ether oxygens (including phenoxy) is 2. The van der Waals surface area contributed by atoms with Crippen LogP contribution in [0.4, 0.5) is 11.1 Å². The summed E-state index contributed by atoms with van der Waals surface area (Å²) in [5.74, 6) is 0.514. The van der Waals surface area contributed by atoms with Gasteiger partial charge in [0.2, 0.25) is 5.95 Å². The van der Waals surface area contributed by atoms with E-state index >= 15 is 0 Å². The Morgan fingerprint density at radius 3 is 2.56 bits per heavy atom. The summed E-state index contributed by atoms with van der Waals surface area (Å²) in [7, 11) is 0. The number of anilines is 2. The molecule has 3 aliphatic rings. The molecule has 1 spiro atoms. The highest BCUT2D eigenvalue weighted by Crippen LogP contribution is 2.43. The maximum atomic E-state index is 9.37. The van der Waals surface area contributed by atoms with Crippen LogP contribution in [0.15, 0.2) is 30.9 Å². The number of nitrogens with zero attached hydrogens (tertiary/aromatic N) is 7. The maximum Gasteiger partial charge on any atom is 0.317 e. The van der Waals surface area contributed by atoms with Crippen LogP contribution >= 0.6 is 11.3 Å². The van der Waals surface area contributed by atoms with Crippen molar-refractivity contribution in [2.75, 3.05) is 51.3 Å². The van der Waals surface area contributed by atoms with Gasteiger partial charge in [0, 0.05) is 74.5 Å². The molecule has 2 aliphatic heterocycles. The number of thiazole rings is 1. The number of aliphatic hydroxyl groups is 1. The van der Waals surface area contributed by atoms with Crippen LogP contribution in [0.5, 0.6) is 6.01 Å². The summed E-state index contributed by atoms with van der Waals surface area (Å²) in [6.45, 7) is 8.75. The van der Waals surface area contributed by atoms with Gasteiger partial charge in [-0.3, -0.25) is 9.80 Å². The first-order valence-electron chi connectivity index (χ1n) is 13.8. The second-order valence-corrected chi connectivity index (χ2v) is 12.0. The van der Waals surface area contributed by atoms with E-state index in [1.54, 1.807) is 12.4 Å². The molecule has 0 amide bonds. The second kappa shape index (κ2) is 11.8. The highest BCUT2D eigenvalue weighted by Gasteiger charge is 2.42. The Balaban J connectivity index is 1.00. The average Bonchev–Trinajstić information content (AvgIpc) is 3.42. The lowest BCUT2D eigenvalue weighted by molar-refractivity contribution is -0.140. The smallest absolute Gasteiger partial charge is 0.317 e. The number of hydrogen-bond donors (Lipinski definition) is 2. The van der Waals surface area contributed by atoms with Crippen molar-refractivity contribution in [3.05, 3.63) is 36.4 Å². The third-order valence-electron chi connectivity index (χ3n) is 8.10. The lowest BCUT2D eigenvalue weighted by Gasteiger charge is -2.45. The van der Waals surface area contributed by atoms with Crippen molar-refractivity contribution in [2.45, 2.75) is 51.3 Å². The largest absolute Gasteiger partial charge is 0.460 e. The first kappa shape index (κ1) is 26.5. The quantitative estimate of drug-likeness (QED) is 0.407. The predicted molar refractivity (Wildman–Crippen MR) is 148 cm³/mol. The van der Waals surface area contributed by atoms with E-state index in [0.717, 1.165) is 87.8 Å². The van der Waals surface area contributed by atoms with Gasteiger partial charge < -0.3 is 19.9 Å². The minimum atomic E-state index is 0.157. The summed E-state index contributed by atoms with van der Waals surface area (Å²) in [5, 5.41) is 13.3. The minimum absolute atomic E-state index is 0.157. The second-order valence-electron chi connectivity index (χ2n) is 10.9. The van der Waals surface area contributed by atoms with Crippen LogP contribution < -0.4 is 10.1 Å². The molecule has 6 rings (SSSR count). The van der Waals surface area contributed by atoms with Gasteiger partial charge in [0.05, 0.1) is 30.4 Å². The van der Waals surface area contributed by atoms with Gasteiger partial charge in [-0.15, -0.1) is 0 Å². The summed E-state index contributed by atoms with van der Waals surface area (Å²) >= 11 is 1.49. The van der Waals surface area contributed by atoms with Crippen LogP contribution in [0, 0.1) is 5.41 Å². The lowest BCUT2D eigenvalue weighted by Crippen LogP contribution is -2.50. The van der Waals surface area contributed by atoms with E-state index in [1.807, 2.05) is 18.5 Å². The molecule has 0 unspecified atom stereocenters. The van der Waals surface area contributed by atoms with Gasteiger partial charge in [0.25, 0.3) is 0 Å². The molecule has 1 atom stereocenters. The molecular weight excluding hydrogens is 516 g/mol. The van der Waals surface area contributed by atoms with Gasteiger partial charge in [0.1, 0.15) is 6.10 Å². The van der Waals surface area contributed by atoms with E-state index in [1.165, 1.54) is 11.3 Å². The Bertz CT molecular complexity index is 1220. The third kappa shape index (κ3) is 6.36. The zero-order valence-electron chi connectivity index (χ0n) is 22.3. The Labute approximate surface area is 232 Å². The fourth-order valence-corrected chi connectivity index (χ4v) is 6.25. The third-order valence-corrected chi connectivity index (χ3v) is 9.03. The van der Waals surface area contributed by atoms with E-state index in [9.17, 15) is 5.11 Å². The maximum absolute atomic E-state index is 9.37. The number of nitrogens with one attached hydrogen (secondary N) is 1. The molecule has 2 N–H and O–H groups in total. The monoisotopic (exact) mass is 552 g/mol. The highest BCUT2D eigenvalue weighted by molar-refractivity contribution is 7.18. The van der Waals surface area contributed by atoms with Crippen molar-refractivity contribution in [3.63, 3.8) is 0 Å². The number of aliphatic hydroxyl groups excluding tert-OH is 1. The lowest BCUT2D eigenvalue weighted by atomic mass is 9.72. The molecule has 12 heteroatoms. The van der Waals surface area contributed by atoms with Gasteiger partial charge >= 0.3 is 6.01 Å². The number of piperazine rings is 1. The zero-order valence-corrected chi connectivity index (χ0v) is 23.1. The van der Waals surface area contributed by atoms with E-state index in [4.69, 9.17) is 9.47 Å². The Kier molecular flexibility index (Phi) is 7.98. The highest BCUT2D eigenvalue weighted by atomic mass is 32.1. The molecule has 208 valence electrons. The summed E-state index contributed by atoms with van der Waals surface area (Å²) < 4.78 is 11.6. The summed E-state index contributed by atoms with van der Waals surface area (Å²) in [6, 6.07) is 2.51. The summed E-state index contributed by atoms with van der Waals surface area (Å²) in [6.07, 6.45) is 11.8. The minimum Gasteiger partial charge on any atom is -0.460 e. The average molecular weight is 553 g/mol. The summed E-state index contributed by atoms with van der Waals surface area (Å²) in [4.78, 5) is 28.1. The molecular formula is C27H36N8O3S. The summed E-state index contributed by atoms with van der Waals surface area (Å²) in [5.41, 5.74) is 2.26. The van der Waals surface area contributed by atoms with Crippen LogP contribution in [-0.2, 0) is 11.3 Å². The Morgan fingerprint density at radius 1 is 1.10 bits per heavy atom. The molecule has 1 saturated carbocycles. The van der Waals surface area contributed by atoms with Crippen molar-refractivity contribution in [1.29, 1.82) is 0 Å². The van der Waals surface area contributed by atoms with Gasteiger partial charge in [0.15, 0.2) is 5.13 Å². The van der Waals surface area contributed by atoms with Crippen LogP contribution in [0.1, 0.15) is 38.2 Å². The Morgan fingerprint density at radius 2 is 1.87 bits per heavy atom. The van der Waals surface area contributed by atoms with Gasteiger partial charge in [-0.2, -0.15) is 4.98 Å². The molecule has 0 radical (unpaired) electrons. The van der Waals surface area contributed by atoms with Gasteiger partial charge in [-0.25, -0.2) is 19.9 Å². The number of rotatable bonds is 9. The van der Waals surface area contributed by atoms with Crippen molar-refractivity contribution in [2.24, 2.45) is 5.41 Å².